The largest absolute Gasteiger partial charge is 0.493 e. The van der Waals surface area contributed by atoms with Gasteiger partial charge >= 0.3 is 6.03 Å². The molecule has 24 heavy (non-hydrogen) atoms. The van der Waals surface area contributed by atoms with Crippen molar-refractivity contribution in [2.45, 2.75) is 25.3 Å². The van der Waals surface area contributed by atoms with E-state index in [4.69, 9.17) is 4.74 Å². The minimum atomic E-state index is -2.65. The number of halogens is 3. The van der Waals surface area contributed by atoms with Gasteiger partial charge in [-0.1, -0.05) is 6.07 Å². The van der Waals surface area contributed by atoms with E-state index in [-0.39, 0.29) is 0 Å². The van der Waals surface area contributed by atoms with E-state index in [1.54, 1.807) is 0 Å². The number of benzene rings is 1. The van der Waals surface area contributed by atoms with Crippen LogP contribution in [0.5, 0.6) is 5.75 Å². The van der Waals surface area contributed by atoms with Crippen LogP contribution < -0.4 is 20.7 Å². The van der Waals surface area contributed by atoms with Crippen molar-refractivity contribution < 1.29 is 27.5 Å². The van der Waals surface area contributed by atoms with Gasteiger partial charge in [-0.3, -0.25) is 4.79 Å². The van der Waals surface area contributed by atoms with E-state index in [0.717, 1.165) is 0 Å². The summed E-state index contributed by atoms with van der Waals surface area (Å²) < 4.78 is 42.6. The first-order valence-corrected chi connectivity index (χ1v) is 7.47. The maximum absolute atomic E-state index is 13.3. The monoisotopic (exact) mass is 345 g/mol. The Morgan fingerprint density at radius 1 is 1.29 bits per heavy atom. The lowest BCUT2D eigenvalue weighted by molar-refractivity contribution is -0.120. The molecule has 132 valence electrons. The summed E-state index contributed by atoms with van der Waals surface area (Å²) in [6.45, 7) is -0.772. The van der Waals surface area contributed by atoms with Crippen LogP contribution in [-0.4, -0.2) is 38.1 Å². The predicted octanol–water partition coefficient (Wildman–Crippen LogP) is 1.72. The second-order valence-corrected chi connectivity index (χ2v) is 5.25. The molecule has 0 aliphatic carbocycles. The first-order valence-electron chi connectivity index (χ1n) is 7.47. The fourth-order valence-corrected chi connectivity index (χ4v) is 2.32. The van der Waals surface area contributed by atoms with Gasteiger partial charge in [-0.2, -0.15) is 0 Å². The lowest BCUT2D eigenvalue weighted by Crippen LogP contribution is -2.44. The molecule has 0 saturated carbocycles. The molecule has 1 aliphatic rings. The quantitative estimate of drug-likeness (QED) is 0.760. The van der Waals surface area contributed by atoms with Gasteiger partial charge < -0.3 is 20.7 Å². The van der Waals surface area contributed by atoms with Crippen LogP contribution in [0.2, 0.25) is 0 Å². The number of carbonyl (C=O) groups is 2. The van der Waals surface area contributed by atoms with E-state index in [2.05, 4.69) is 10.6 Å². The van der Waals surface area contributed by atoms with Crippen molar-refractivity contribution in [2.24, 2.45) is 0 Å². The maximum Gasteiger partial charge on any atom is 0.315 e. The highest BCUT2D eigenvalue weighted by Gasteiger charge is 2.22. The molecule has 0 unspecified atom stereocenters. The SMILES string of the molecule is O=C(CNC(=O)N[C@H]1CCCOc2cc(F)ccc21)NCC(F)F. The average molecular weight is 345 g/mol. The van der Waals surface area contributed by atoms with E-state index >= 15 is 0 Å². The van der Waals surface area contributed by atoms with Crippen LogP contribution in [0, 0.1) is 5.82 Å². The van der Waals surface area contributed by atoms with Crippen molar-refractivity contribution >= 4 is 11.9 Å². The lowest BCUT2D eigenvalue weighted by atomic mass is 10.0. The molecule has 0 spiro atoms. The Morgan fingerprint density at radius 3 is 2.83 bits per heavy atom. The zero-order valence-corrected chi connectivity index (χ0v) is 12.8. The number of ether oxygens (including phenoxy) is 1. The smallest absolute Gasteiger partial charge is 0.315 e. The van der Waals surface area contributed by atoms with Crippen molar-refractivity contribution in [3.8, 4) is 5.75 Å². The molecule has 3 amide bonds. The van der Waals surface area contributed by atoms with Crippen LogP contribution in [0.25, 0.3) is 0 Å². The van der Waals surface area contributed by atoms with Gasteiger partial charge in [-0.05, 0) is 18.9 Å². The number of urea groups is 1. The third-order valence-corrected chi connectivity index (χ3v) is 3.41. The van der Waals surface area contributed by atoms with Crippen molar-refractivity contribution in [3.63, 3.8) is 0 Å². The number of nitrogens with one attached hydrogen (secondary N) is 3. The Morgan fingerprint density at radius 2 is 2.08 bits per heavy atom. The van der Waals surface area contributed by atoms with Gasteiger partial charge in [-0.15, -0.1) is 0 Å². The Bertz CT molecular complexity index is 599. The number of alkyl halides is 2. The minimum absolute atomic E-state index is 0.368. The zero-order chi connectivity index (χ0) is 17.5. The molecule has 1 atom stereocenters. The van der Waals surface area contributed by atoms with Crippen LogP contribution in [-0.2, 0) is 4.79 Å². The number of hydrogen-bond donors (Lipinski definition) is 3. The van der Waals surface area contributed by atoms with E-state index in [0.29, 0.717) is 30.8 Å². The van der Waals surface area contributed by atoms with Gasteiger partial charge in [0.1, 0.15) is 11.6 Å². The fourth-order valence-electron chi connectivity index (χ4n) is 2.32. The number of fused-ring (bicyclic) bond motifs is 1. The Kier molecular flexibility index (Phi) is 6.28. The van der Waals surface area contributed by atoms with Crippen molar-refractivity contribution in [3.05, 3.63) is 29.6 Å². The first kappa shape index (κ1) is 17.9. The summed E-state index contributed by atoms with van der Waals surface area (Å²) in [4.78, 5) is 23.2. The number of amides is 3. The first-order chi connectivity index (χ1) is 11.5. The molecular weight excluding hydrogens is 327 g/mol. The molecule has 3 N–H and O–H groups in total. The molecule has 0 radical (unpaired) electrons. The highest BCUT2D eigenvalue weighted by molar-refractivity contribution is 5.84. The van der Waals surface area contributed by atoms with E-state index in [1.807, 2.05) is 5.32 Å². The van der Waals surface area contributed by atoms with Crippen LogP contribution in [0.4, 0.5) is 18.0 Å². The summed E-state index contributed by atoms with van der Waals surface area (Å²) in [7, 11) is 0. The fraction of sp³-hybridized carbons (Fsp3) is 0.467. The van der Waals surface area contributed by atoms with Gasteiger partial charge in [0.25, 0.3) is 6.43 Å². The van der Waals surface area contributed by atoms with Gasteiger partial charge in [0.05, 0.1) is 25.7 Å². The predicted molar refractivity (Wildman–Crippen MR) is 79.4 cm³/mol. The van der Waals surface area contributed by atoms with E-state index < -0.39 is 43.3 Å². The topological polar surface area (TPSA) is 79.5 Å². The minimum Gasteiger partial charge on any atom is -0.493 e. The highest BCUT2D eigenvalue weighted by atomic mass is 19.3. The summed E-state index contributed by atoms with van der Waals surface area (Å²) in [5.41, 5.74) is 0.645. The van der Waals surface area contributed by atoms with Gasteiger partial charge in [0.15, 0.2) is 0 Å². The third-order valence-electron chi connectivity index (χ3n) is 3.41. The molecular formula is C15H18F3N3O3. The summed E-state index contributed by atoms with van der Waals surface area (Å²) in [6, 6.07) is 3.05. The van der Waals surface area contributed by atoms with E-state index in [1.165, 1.54) is 18.2 Å². The number of hydrogen-bond acceptors (Lipinski definition) is 3. The number of rotatable bonds is 5. The summed E-state index contributed by atoms with van der Waals surface area (Å²) in [5.74, 6) is -0.779. The molecule has 1 heterocycles. The van der Waals surface area contributed by atoms with Crippen LogP contribution in [0.1, 0.15) is 24.4 Å². The maximum atomic E-state index is 13.3. The van der Waals surface area contributed by atoms with Gasteiger partial charge in [0, 0.05) is 11.6 Å². The molecule has 0 bridgehead atoms. The van der Waals surface area contributed by atoms with Crippen LogP contribution >= 0.6 is 0 Å². The Balaban J connectivity index is 1.89. The van der Waals surface area contributed by atoms with Crippen molar-refractivity contribution in [2.75, 3.05) is 19.7 Å². The third kappa shape index (κ3) is 5.32. The van der Waals surface area contributed by atoms with E-state index in [9.17, 15) is 22.8 Å². The molecule has 0 aromatic heterocycles. The standard InChI is InChI=1S/C15H18F3N3O3/c16-9-3-4-10-11(2-1-5-24-12(10)6-9)21-15(23)20-8-14(22)19-7-13(17)18/h3-4,6,11,13H,1-2,5,7-8H2,(H,19,22)(H2,20,21,23)/t11-/m0/s1. The summed E-state index contributed by atoms with van der Waals surface area (Å²) >= 11 is 0. The number of carbonyl (C=O) groups excluding carboxylic acids is 2. The van der Waals surface area contributed by atoms with Crippen LogP contribution in [0.3, 0.4) is 0 Å². The molecule has 0 fully saturated rings. The highest BCUT2D eigenvalue weighted by Crippen LogP contribution is 2.31. The van der Waals surface area contributed by atoms with Crippen molar-refractivity contribution in [1.29, 1.82) is 0 Å². The normalized spacial score (nSPS) is 16.6. The second-order valence-electron chi connectivity index (χ2n) is 5.25. The van der Waals surface area contributed by atoms with Crippen LogP contribution in [0.15, 0.2) is 18.2 Å². The van der Waals surface area contributed by atoms with Gasteiger partial charge in [0.2, 0.25) is 5.91 Å². The summed E-state index contributed by atoms with van der Waals surface area (Å²) in [6.07, 6.45) is -1.40. The second kappa shape index (κ2) is 8.42. The lowest BCUT2D eigenvalue weighted by Gasteiger charge is -2.18. The molecule has 1 aromatic rings. The zero-order valence-electron chi connectivity index (χ0n) is 12.8. The Hall–Kier alpha value is -2.45. The molecule has 1 aliphatic heterocycles. The molecule has 1 aromatic carbocycles. The van der Waals surface area contributed by atoms with Gasteiger partial charge in [-0.25, -0.2) is 18.0 Å². The molecule has 0 saturated heterocycles. The molecule has 6 nitrogen and oxygen atoms in total. The van der Waals surface area contributed by atoms with Crippen molar-refractivity contribution in [1.82, 2.24) is 16.0 Å². The Labute approximate surface area is 136 Å². The molecule has 9 heteroatoms. The average Bonchev–Trinajstić information content (AvgIpc) is 2.72. The molecule has 2 rings (SSSR count). The summed E-state index contributed by atoms with van der Waals surface area (Å²) in [5, 5.41) is 6.95.